The number of carbonyl (C=O) groups excluding carboxylic acids is 2. The average Bonchev–Trinajstić information content (AvgIpc) is 3.03. The molecular weight excluding hydrogens is 342 g/mol. The monoisotopic (exact) mass is 363 g/mol. The number of fused-ring (bicyclic) bond motifs is 1. The zero-order chi connectivity index (χ0) is 16.8. The van der Waals surface area contributed by atoms with Gasteiger partial charge in [0.2, 0.25) is 0 Å². The van der Waals surface area contributed by atoms with Crippen LogP contribution in [0.2, 0.25) is 0 Å². The minimum atomic E-state index is -1.12. The molecule has 0 saturated carbocycles. The van der Waals surface area contributed by atoms with Crippen LogP contribution in [0.25, 0.3) is 0 Å². The Morgan fingerprint density at radius 2 is 2.22 bits per heavy atom. The Hall–Kier alpha value is -1.13. The molecule has 2 heterocycles. The van der Waals surface area contributed by atoms with Gasteiger partial charge in [-0.1, -0.05) is 6.42 Å². The summed E-state index contributed by atoms with van der Waals surface area (Å²) in [5.74, 6) is -0.513. The van der Waals surface area contributed by atoms with Gasteiger partial charge in [0.15, 0.2) is 0 Å². The number of amides is 2. The summed E-state index contributed by atoms with van der Waals surface area (Å²) < 4.78 is 4.88. The summed E-state index contributed by atoms with van der Waals surface area (Å²) in [7, 11) is 0. The van der Waals surface area contributed by atoms with E-state index in [0.29, 0.717) is 18.1 Å². The maximum atomic E-state index is 11.5. The number of unbranched alkanes of at least 4 members (excludes halogenated alkanes) is 1. The van der Waals surface area contributed by atoms with Gasteiger partial charge < -0.3 is 25.7 Å². The summed E-state index contributed by atoms with van der Waals surface area (Å²) in [6.07, 6.45) is 2.83. The summed E-state index contributed by atoms with van der Waals surface area (Å²) in [6.45, 7) is 0. The summed E-state index contributed by atoms with van der Waals surface area (Å²) in [6, 6.07) is -0.717. The van der Waals surface area contributed by atoms with Crippen LogP contribution in [0.5, 0.6) is 0 Å². The Morgan fingerprint density at radius 1 is 1.43 bits per heavy atom. The van der Waals surface area contributed by atoms with E-state index >= 15 is 0 Å². The van der Waals surface area contributed by atoms with Gasteiger partial charge in [0, 0.05) is 17.4 Å². The molecule has 2 fully saturated rings. The minimum Gasteiger partial charge on any atom is -0.480 e. The van der Waals surface area contributed by atoms with Crippen molar-refractivity contribution in [1.29, 1.82) is 0 Å². The molecule has 0 unspecified atom stereocenters. The van der Waals surface area contributed by atoms with Crippen LogP contribution in [0.15, 0.2) is 0 Å². The van der Waals surface area contributed by atoms with Gasteiger partial charge in [-0.05, 0) is 12.8 Å². The molecule has 0 radical (unpaired) electrons. The fourth-order valence-electron chi connectivity index (χ4n) is 2.54. The Kier molecular flexibility index (Phi) is 6.85. The van der Waals surface area contributed by atoms with Gasteiger partial charge in [0.05, 0.1) is 29.9 Å². The molecule has 0 aliphatic carbocycles. The maximum absolute atomic E-state index is 11.5. The summed E-state index contributed by atoms with van der Waals surface area (Å²) in [5, 5.41) is 14.8. The minimum absolute atomic E-state index is 0.0373. The fourth-order valence-corrected chi connectivity index (χ4v) is 4.66. The molecule has 2 aliphatic rings. The Morgan fingerprint density at radius 3 is 2.96 bits per heavy atom. The molecule has 2 amide bonds. The zero-order valence-corrected chi connectivity index (χ0v) is 14.2. The van der Waals surface area contributed by atoms with Crippen molar-refractivity contribution in [3.63, 3.8) is 0 Å². The fraction of sp³-hybridized carbons (Fsp3) is 0.769. The Balaban J connectivity index is 1.53. The SMILES string of the molecule is N[C@@H](CSOC(=O)CCCC[C@@H]1SC[C@@H]2NC(=O)N[C@@H]21)C(=O)O. The third kappa shape index (κ3) is 5.47. The van der Waals surface area contributed by atoms with Gasteiger partial charge in [0.25, 0.3) is 0 Å². The van der Waals surface area contributed by atoms with Crippen molar-refractivity contribution in [2.75, 3.05) is 11.5 Å². The lowest BCUT2D eigenvalue weighted by Crippen LogP contribution is -2.36. The highest BCUT2D eigenvalue weighted by Crippen LogP contribution is 2.33. The molecule has 2 aliphatic heterocycles. The van der Waals surface area contributed by atoms with Crippen LogP contribution >= 0.6 is 23.8 Å². The number of carboxylic acid groups (broad SMARTS) is 1. The predicted octanol–water partition coefficient (Wildman–Crippen LogP) is 0.315. The number of carbonyl (C=O) groups is 3. The third-order valence-electron chi connectivity index (χ3n) is 3.77. The topological polar surface area (TPSA) is 131 Å². The van der Waals surface area contributed by atoms with E-state index in [-0.39, 0.29) is 29.8 Å². The van der Waals surface area contributed by atoms with Crippen LogP contribution in [-0.2, 0) is 13.8 Å². The molecule has 0 aromatic rings. The van der Waals surface area contributed by atoms with E-state index in [2.05, 4.69) is 10.6 Å². The van der Waals surface area contributed by atoms with Crippen molar-refractivity contribution in [3.8, 4) is 0 Å². The molecule has 8 nitrogen and oxygen atoms in total. The first-order valence-electron chi connectivity index (χ1n) is 7.46. The van der Waals surface area contributed by atoms with E-state index in [1.165, 1.54) is 0 Å². The van der Waals surface area contributed by atoms with Crippen LogP contribution < -0.4 is 16.4 Å². The second kappa shape index (κ2) is 8.65. The molecule has 130 valence electrons. The van der Waals surface area contributed by atoms with Crippen molar-refractivity contribution in [3.05, 3.63) is 0 Å². The number of nitrogens with two attached hydrogens (primary N) is 1. The Labute approximate surface area is 142 Å². The number of hydrogen-bond acceptors (Lipinski definition) is 7. The van der Waals surface area contributed by atoms with Gasteiger partial charge in [-0.2, -0.15) is 11.8 Å². The van der Waals surface area contributed by atoms with Crippen LogP contribution in [-0.4, -0.2) is 58.0 Å². The molecule has 0 bridgehead atoms. The molecule has 0 aromatic carbocycles. The highest BCUT2D eigenvalue weighted by atomic mass is 32.2. The van der Waals surface area contributed by atoms with Crippen LogP contribution in [0.1, 0.15) is 25.7 Å². The van der Waals surface area contributed by atoms with Gasteiger partial charge >= 0.3 is 18.0 Å². The molecule has 4 atom stereocenters. The number of thioether (sulfide) groups is 1. The first kappa shape index (κ1) is 18.2. The standard InChI is InChI=1S/C13H21N3O5S2/c14-7(12(18)19)5-23-21-10(17)4-2-1-3-9-11-8(6-22-9)15-13(20)16-11/h7-9,11H,1-6,14H2,(H,18,19)(H2,15,16,20)/t7-,8-,9-,11-/m0/s1. The van der Waals surface area contributed by atoms with E-state index in [1.807, 2.05) is 11.8 Å². The molecular formula is C13H21N3O5S2. The second-order valence-electron chi connectivity index (χ2n) is 5.55. The molecule has 2 saturated heterocycles. The van der Waals surface area contributed by atoms with Crippen molar-refractivity contribution in [2.24, 2.45) is 5.73 Å². The van der Waals surface area contributed by atoms with Crippen molar-refractivity contribution in [2.45, 2.75) is 49.1 Å². The van der Waals surface area contributed by atoms with Gasteiger partial charge in [0.1, 0.15) is 6.04 Å². The number of aliphatic carboxylic acids is 1. The highest BCUT2D eigenvalue weighted by Gasteiger charge is 2.42. The molecule has 0 spiro atoms. The lowest BCUT2D eigenvalue weighted by Gasteiger charge is -2.16. The number of hydrogen-bond donors (Lipinski definition) is 4. The quantitative estimate of drug-likeness (QED) is 0.262. The summed E-state index contributed by atoms with van der Waals surface area (Å²) in [5.41, 5.74) is 5.30. The number of urea groups is 1. The molecule has 23 heavy (non-hydrogen) atoms. The number of rotatable bonds is 9. The van der Waals surface area contributed by atoms with Gasteiger partial charge in [-0.15, -0.1) is 0 Å². The maximum Gasteiger partial charge on any atom is 0.321 e. The van der Waals surface area contributed by atoms with Gasteiger partial charge in [-0.3, -0.25) is 9.59 Å². The largest absolute Gasteiger partial charge is 0.480 e. The van der Waals surface area contributed by atoms with Crippen LogP contribution in [0.4, 0.5) is 4.79 Å². The number of nitrogens with one attached hydrogen (secondary N) is 2. The van der Waals surface area contributed by atoms with Gasteiger partial charge in [-0.25, -0.2) is 4.79 Å². The lowest BCUT2D eigenvalue weighted by molar-refractivity contribution is -0.138. The predicted molar refractivity (Wildman–Crippen MR) is 88.1 cm³/mol. The van der Waals surface area contributed by atoms with Crippen LogP contribution in [0, 0.1) is 0 Å². The molecule has 5 N–H and O–H groups in total. The van der Waals surface area contributed by atoms with E-state index in [0.717, 1.165) is 30.6 Å². The Bertz CT molecular complexity index is 465. The normalized spacial score (nSPS) is 27.0. The lowest BCUT2D eigenvalue weighted by atomic mass is 10.0. The van der Waals surface area contributed by atoms with Crippen molar-refractivity contribution in [1.82, 2.24) is 10.6 Å². The molecule has 10 heteroatoms. The molecule has 2 rings (SSSR count). The zero-order valence-electron chi connectivity index (χ0n) is 12.5. The molecule has 0 aromatic heterocycles. The van der Waals surface area contributed by atoms with E-state index in [9.17, 15) is 14.4 Å². The first-order chi connectivity index (χ1) is 11.0. The van der Waals surface area contributed by atoms with E-state index < -0.39 is 12.0 Å². The highest BCUT2D eigenvalue weighted by molar-refractivity contribution is 8.00. The van der Waals surface area contributed by atoms with Crippen molar-refractivity contribution >= 4 is 41.8 Å². The summed E-state index contributed by atoms with van der Waals surface area (Å²) >= 11 is 2.63. The second-order valence-corrected chi connectivity index (χ2v) is 7.56. The third-order valence-corrected chi connectivity index (χ3v) is 6.08. The first-order valence-corrected chi connectivity index (χ1v) is 9.42. The van der Waals surface area contributed by atoms with Crippen molar-refractivity contribution < 1.29 is 23.7 Å². The van der Waals surface area contributed by atoms with E-state index in [1.54, 1.807) is 0 Å². The number of carboxylic acids is 1. The van der Waals surface area contributed by atoms with E-state index in [4.69, 9.17) is 15.0 Å². The smallest absolute Gasteiger partial charge is 0.321 e. The summed E-state index contributed by atoms with van der Waals surface area (Å²) in [4.78, 5) is 33.3. The van der Waals surface area contributed by atoms with Crippen LogP contribution in [0.3, 0.4) is 0 Å². The average molecular weight is 363 g/mol.